The van der Waals surface area contributed by atoms with Crippen LogP contribution < -0.4 is 5.79 Å². The van der Waals surface area contributed by atoms with Crippen LogP contribution in [0.4, 0.5) is 0 Å². The van der Waals surface area contributed by atoms with Crippen LogP contribution in [0.1, 0.15) is 254 Å². The molecule has 7 aromatic rings. The summed E-state index contributed by atoms with van der Waals surface area (Å²) in [5, 5.41) is 3.07. The summed E-state index contributed by atoms with van der Waals surface area (Å²) in [5.74, 6) is 0. The molecule has 80 heavy (non-hydrogen) atoms. The van der Waals surface area contributed by atoms with Gasteiger partial charge in [-0.1, -0.05) is 207 Å². The Kier molecular flexibility index (Phi) is 29.6. The van der Waals surface area contributed by atoms with Gasteiger partial charge in [-0.25, -0.2) is 0 Å². The zero-order chi connectivity index (χ0) is 56.7. The van der Waals surface area contributed by atoms with Crippen LogP contribution in [0.2, 0.25) is 29.6 Å². The van der Waals surface area contributed by atoms with Gasteiger partial charge in [-0.05, 0) is 0 Å². The van der Waals surface area contributed by atoms with Crippen LogP contribution in [0.25, 0.3) is 60.6 Å². The first-order valence-electron chi connectivity index (χ1n) is 33.3. The summed E-state index contributed by atoms with van der Waals surface area (Å²) in [5.41, 5.74) is 6.42. The van der Waals surface area contributed by atoms with Crippen molar-refractivity contribution in [2.24, 2.45) is 0 Å². The Labute approximate surface area is 523 Å². The first kappa shape index (κ1) is 67.1. The summed E-state index contributed by atoms with van der Waals surface area (Å²) in [4.78, 5) is 28.2. The molecule has 0 amide bonds. The SMILES string of the molecule is CCCCCCCCCCc1cc(-c2ccc(-c3c4c[c]([Sn]([CH3])([CH3])[CH3])sc4c(-c4ccc(-c5cc(CCCCCCCCCC)c(CCCCCCCCCC)s5)s4)c4c[c]([Sn]([CH3])([CH3])[CH3])sc34)s2)sc1CCCCCCCCCC. The smallest absolute Gasteiger partial charge is 0.0654 e. The second-order valence-electron chi connectivity index (χ2n) is 26.3. The standard InChI is InChI=1S/C66H92S6.6CH3.2Sn/c1-5-9-13-17-21-25-29-33-37-51-49-61(69-55(51)39-35-31-27-23-19-15-11-7-3)57-41-43-59(71-57)63-53-45-47-68-66(53)64(54-46-48-67-65(54)63)60-44-42-58(72-60)62-50-52(38-34-30-26-22-18-14-10-6-2)56(70-62)40-36-32-28-24-20-16-12-8-4;;;;;;;;/h41-46,49-50H,5-40H2,1-4H3;6*1H3;;. The molecule has 0 nitrogen and oxygen atoms in total. The molecular weight excluding hydrogens is 1290 g/mol. The maximum atomic E-state index is 2.73. The number of hydrogen-bond donors (Lipinski definition) is 0. The van der Waals surface area contributed by atoms with E-state index in [0.717, 1.165) is 0 Å². The van der Waals surface area contributed by atoms with Crippen molar-refractivity contribution in [1.29, 1.82) is 0 Å². The van der Waals surface area contributed by atoms with Gasteiger partial charge >= 0.3 is 322 Å². The third kappa shape index (κ3) is 20.3. The molecule has 8 heteroatoms. The molecule has 0 N–H and O–H groups in total. The fourth-order valence-corrected chi connectivity index (χ4v) is 29.8. The van der Waals surface area contributed by atoms with Gasteiger partial charge in [0.05, 0.1) is 0 Å². The number of hydrogen-bond acceptors (Lipinski definition) is 6. The van der Waals surface area contributed by atoms with Crippen molar-refractivity contribution in [3.8, 4) is 40.4 Å². The molecule has 6 heterocycles. The van der Waals surface area contributed by atoms with Crippen LogP contribution in [-0.4, -0.2) is 36.8 Å². The van der Waals surface area contributed by atoms with E-state index in [0.29, 0.717) is 0 Å². The van der Waals surface area contributed by atoms with E-state index in [1.807, 2.05) is 0 Å². The Balaban J connectivity index is 1.20. The van der Waals surface area contributed by atoms with Crippen molar-refractivity contribution in [3.05, 3.63) is 69.4 Å². The molecule has 0 atom stereocenters. The van der Waals surface area contributed by atoms with Crippen LogP contribution in [0.5, 0.6) is 0 Å². The molecule has 0 aliphatic heterocycles. The van der Waals surface area contributed by atoms with Crippen molar-refractivity contribution in [3.63, 3.8) is 0 Å². The molecule has 0 saturated heterocycles. The molecule has 7 rings (SSSR count). The van der Waals surface area contributed by atoms with E-state index < -0.39 is 36.8 Å². The minimum absolute atomic E-state index is 1.25. The molecule has 0 spiro atoms. The van der Waals surface area contributed by atoms with Gasteiger partial charge in [-0.2, -0.15) is 0 Å². The molecular formula is C72H110S6Sn2. The predicted octanol–water partition coefficient (Wildman–Crippen LogP) is 26.9. The predicted molar refractivity (Wildman–Crippen MR) is 382 cm³/mol. The van der Waals surface area contributed by atoms with Crippen molar-refractivity contribution < 1.29 is 0 Å². The summed E-state index contributed by atoms with van der Waals surface area (Å²) in [6.45, 7) is 9.33. The summed E-state index contributed by atoms with van der Waals surface area (Å²) in [6, 6.07) is 20.9. The maximum absolute atomic E-state index is 2.73. The van der Waals surface area contributed by atoms with Gasteiger partial charge in [0.2, 0.25) is 0 Å². The molecule has 442 valence electrons. The Bertz CT molecular complexity index is 2520. The molecule has 1 aromatic carbocycles. The van der Waals surface area contributed by atoms with Crippen molar-refractivity contribution in [2.45, 2.75) is 288 Å². The topological polar surface area (TPSA) is 0 Å². The monoisotopic (exact) mass is 1410 g/mol. The number of aryl methyl sites for hydroxylation is 4. The van der Waals surface area contributed by atoms with Gasteiger partial charge in [0.25, 0.3) is 0 Å². The summed E-state index contributed by atoms with van der Waals surface area (Å²) in [6.07, 6.45) is 49.5. The van der Waals surface area contributed by atoms with E-state index in [4.69, 9.17) is 0 Å². The molecule has 0 aliphatic rings. The number of benzene rings is 1. The minimum Gasteiger partial charge on any atom is -0.0654 e. The second kappa shape index (κ2) is 35.4. The molecule has 0 aliphatic carbocycles. The van der Waals surface area contributed by atoms with Crippen LogP contribution >= 0.6 is 68.0 Å². The number of unbranched alkanes of at least 4 members (excludes halogenated alkanes) is 28. The van der Waals surface area contributed by atoms with Gasteiger partial charge in [-0.3, -0.25) is 0 Å². The molecule has 0 fully saturated rings. The quantitative estimate of drug-likeness (QED) is 0.0264. The summed E-state index contributed by atoms with van der Waals surface area (Å²) < 4.78 is 6.53. The molecule has 6 aromatic heterocycles. The van der Waals surface area contributed by atoms with Crippen LogP contribution in [-0.2, 0) is 25.7 Å². The first-order chi connectivity index (χ1) is 38.8. The average molecular weight is 1410 g/mol. The fraction of sp³-hybridized carbons (Fsp3) is 0.639. The van der Waals surface area contributed by atoms with E-state index in [1.165, 1.54) is 271 Å². The minimum atomic E-state index is -2.48. The van der Waals surface area contributed by atoms with E-state index in [1.54, 1.807) is 47.2 Å². The van der Waals surface area contributed by atoms with E-state index >= 15 is 0 Å². The summed E-state index contributed by atoms with van der Waals surface area (Å²) >= 11 is 7.90. The van der Waals surface area contributed by atoms with Crippen LogP contribution in [0.3, 0.4) is 0 Å². The third-order valence-corrected chi connectivity index (χ3v) is 43.3. The zero-order valence-electron chi connectivity index (χ0n) is 52.5. The zero-order valence-corrected chi connectivity index (χ0v) is 63.1. The average Bonchev–Trinajstić information content (AvgIpc) is 4.38. The van der Waals surface area contributed by atoms with Gasteiger partial charge < -0.3 is 0 Å². The number of rotatable bonds is 42. The first-order valence-corrected chi connectivity index (χ1v) is 58.2. The Morgan fingerprint density at radius 1 is 0.275 bits per heavy atom. The second-order valence-corrected chi connectivity index (χ2v) is 63.7. The van der Waals surface area contributed by atoms with Gasteiger partial charge in [0, 0.05) is 0 Å². The van der Waals surface area contributed by atoms with Crippen molar-refractivity contribution in [2.75, 3.05) is 0 Å². The third-order valence-electron chi connectivity index (χ3n) is 17.0. The molecule has 0 bridgehead atoms. The van der Waals surface area contributed by atoms with E-state index in [9.17, 15) is 0 Å². The van der Waals surface area contributed by atoms with Crippen LogP contribution in [0, 0.1) is 0 Å². The molecule has 0 radical (unpaired) electrons. The van der Waals surface area contributed by atoms with Crippen LogP contribution in [0.15, 0.2) is 48.5 Å². The number of thiophene rings is 6. The van der Waals surface area contributed by atoms with Crippen molar-refractivity contribution in [1.82, 2.24) is 0 Å². The Morgan fingerprint density at radius 2 is 0.550 bits per heavy atom. The summed E-state index contributed by atoms with van der Waals surface area (Å²) in [7, 11) is 0. The van der Waals surface area contributed by atoms with E-state index in [-0.39, 0.29) is 0 Å². The van der Waals surface area contributed by atoms with Gasteiger partial charge in [0.1, 0.15) is 0 Å². The molecule has 0 saturated carbocycles. The van der Waals surface area contributed by atoms with E-state index in [2.05, 4.69) is 174 Å². The fourth-order valence-electron chi connectivity index (χ4n) is 12.0. The van der Waals surface area contributed by atoms with Gasteiger partial charge in [0.15, 0.2) is 0 Å². The van der Waals surface area contributed by atoms with Crippen molar-refractivity contribution >= 4 is 131 Å². The Morgan fingerprint density at radius 3 is 0.850 bits per heavy atom. The van der Waals surface area contributed by atoms with Gasteiger partial charge in [-0.15, -0.1) is 0 Å². The normalized spacial score (nSPS) is 12.4. The Hall–Kier alpha value is -0.463. The number of fused-ring (bicyclic) bond motifs is 2. The molecule has 0 unspecified atom stereocenters.